The highest BCUT2D eigenvalue weighted by Gasteiger charge is 2.06. The summed E-state index contributed by atoms with van der Waals surface area (Å²) in [4.78, 5) is 20.3. The molecule has 2 heterocycles. The van der Waals surface area contributed by atoms with Crippen molar-refractivity contribution in [3.8, 4) is 5.82 Å². The topological polar surface area (TPSA) is 72.7 Å². The van der Waals surface area contributed by atoms with Crippen LogP contribution in [0.25, 0.3) is 5.82 Å². The Labute approximate surface area is 138 Å². The smallest absolute Gasteiger partial charge is 0.234 e. The summed E-state index contributed by atoms with van der Waals surface area (Å²) in [7, 11) is 0. The third-order valence-electron chi connectivity index (χ3n) is 3.05. The summed E-state index contributed by atoms with van der Waals surface area (Å²) < 4.78 is 1.65. The van der Waals surface area contributed by atoms with Crippen molar-refractivity contribution >= 4 is 23.4 Å². The maximum atomic E-state index is 12.0. The number of carbonyl (C=O) groups excluding carboxylic acids is 1. The molecule has 0 atom stereocenters. The molecule has 6 nitrogen and oxygen atoms in total. The van der Waals surface area contributed by atoms with Crippen LogP contribution in [0.5, 0.6) is 0 Å². The first-order valence-corrected chi connectivity index (χ1v) is 8.01. The minimum absolute atomic E-state index is 0.0712. The van der Waals surface area contributed by atoms with Crippen molar-refractivity contribution in [1.29, 1.82) is 0 Å². The number of rotatable bonds is 5. The Hall–Kier alpha value is -2.67. The molecule has 0 saturated carbocycles. The van der Waals surface area contributed by atoms with E-state index in [-0.39, 0.29) is 11.7 Å². The Morgan fingerprint density at radius 3 is 2.83 bits per heavy atom. The minimum atomic E-state index is -0.0712. The molecule has 3 rings (SSSR count). The minimum Gasteiger partial charge on any atom is -0.325 e. The standard InChI is InChI=1S/C16H15N5OS/c1-12-3-5-13(6-4-12)20-15(22)10-23-16-9-14(17-11-18-16)21-8-2-7-19-21/h2-9,11H,10H2,1H3,(H,20,22). The van der Waals surface area contributed by atoms with Crippen LogP contribution in [0.2, 0.25) is 0 Å². The number of nitrogens with one attached hydrogen (secondary N) is 1. The Balaban J connectivity index is 1.58. The van der Waals surface area contributed by atoms with Gasteiger partial charge in [-0.25, -0.2) is 14.6 Å². The van der Waals surface area contributed by atoms with Gasteiger partial charge < -0.3 is 5.32 Å². The predicted molar refractivity (Wildman–Crippen MR) is 89.7 cm³/mol. The molecular formula is C16H15N5OS. The van der Waals surface area contributed by atoms with Crippen molar-refractivity contribution in [3.63, 3.8) is 0 Å². The molecule has 2 aromatic heterocycles. The Bertz CT molecular complexity index is 786. The summed E-state index contributed by atoms with van der Waals surface area (Å²) in [6.07, 6.45) is 4.96. The van der Waals surface area contributed by atoms with E-state index in [9.17, 15) is 4.79 Å². The highest BCUT2D eigenvalue weighted by atomic mass is 32.2. The zero-order valence-corrected chi connectivity index (χ0v) is 13.3. The molecule has 1 N–H and O–H groups in total. The van der Waals surface area contributed by atoms with Gasteiger partial charge in [0.05, 0.1) is 5.75 Å². The highest BCUT2D eigenvalue weighted by molar-refractivity contribution is 7.99. The zero-order chi connectivity index (χ0) is 16.1. The lowest BCUT2D eigenvalue weighted by Gasteiger charge is -2.06. The summed E-state index contributed by atoms with van der Waals surface area (Å²) in [6.45, 7) is 2.01. The van der Waals surface area contributed by atoms with Crippen LogP contribution in [-0.4, -0.2) is 31.4 Å². The van der Waals surface area contributed by atoms with Gasteiger partial charge in [0.1, 0.15) is 11.4 Å². The molecule has 3 aromatic rings. The fourth-order valence-electron chi connectivity index (χ4n) is 1.91. The molecule has 0 unspecified atom stereocenters. The fraction of sp³-hybridized carbons (Fsp3) is 0.125. The van der Waals surface area contributed by atoms with Gasteiger partial charge in [0.15, 0.2) is 5.82 Å². The van der Waals surface area contributed by atoms with Gasteiger partial charge in [0.2, 0.25) is 5.91 Å². The molecule has 0 aliphatic heterocycles. The molecule has 0 aliphatic carbocycles. The lowest BCUT2D eigenvalue weighted by atomic mass is 10.2. The van der Waals surface area contributed by atoms with Crippen LogP contribution in [0.15, 0.2) is 60.1 Å². The monoisotopic (exact) mass is 325 g/mol. The number of carbonyl (C=O) groups is 1. The quantitative estimate of drug-likeness (QED) is 0.577. The number of anilines is 1. The summed E-state index contributed by atoms with van der Waals surface area (Å²) >= 11 is 1.36. The zero-order valence-electron chi connectivity index (χ0n) is 12.5. The van der Waals surface area contributed by atoms with Gasteiger partial charge in [-0.05, 0) is 25.1 Å². The Kier molecular flexibility index (Phi) is 4.68. The number of nitrogens with zero attached hydrogens (tertiary/aromatic N) is 4. The van der Waals surface area contributed by atoms with Gasteiger partial charge in [0, 0.05) is 24.1 Å². The van der Waals surface area contributed by atoms with Crippen molar-refractivity contribution in [2.24, 2.45) is 0 Å². The molecule has 7 heteroatoms. The molecule has 1 amide bonds. The summed E-state index contributed by atoms with van der Waals surface area (Å²) in [6, 6.07) is 11.3. The van der Waals surface area contributed by atoms with E-state index in [1.807, 2.05) is 37.3 Å². The van der Waals surface area contributed by atoms with E-state index in [2.05, 4.69) is 20.4 Å². The average molecular weight is 325 g/mol. The molecule has 0 fully saturated rings. The predicted octanol–water partition coefficient (Wildman–Crippen LogP) is 2.70. The number of amides is 1. The normalized spacial score (nSPS) is 10.5. The number of aryl methyl sites for hydroxylation is 1. The van der Waals surface area contributed by atoms with Crippen LogP contribution >= 0.6 is 11.8 Å². The van der Waals surface area contributed by atoms with E-state index in [0.717, 1.165) is 16.3 Å². The van der Waals surface area contributed by atoms with Gasteiger partial charge in [-0.2, -0.15) is 5.10 Å². The molecule has 23 heavy (non-hydrogen) atoms. The number of benzene rings is 1. The molecule has 0 bridgehead atoms. The third kappa shape index (κ3) is 4.17. The molecule has 116 valence electrons. The molecule has 0 saturated heterocycles. The first-order valence-electron chi connectivity index (χ1n) is 7.02. The van der Waals surface area contributed by atoms with Crippen LogP contribution in [0.1, 0.15) is 5.56 Å². The second-order valence-electron chi connectivity index (χ2n) is 4.87. The maximum Gasteiger partial charge on any atom is 0.234 e. The van der Waals surface area contributed by atoms with Crippen LogP contribution in [0, 0.1) is 6.92 Å². The average Bonchev–Trinajstić information content (AvgIpc) is 3.10. The number of hydrogen-bond donors (Lipinski definition) is 1. The second kappa shape index (κ2) is 7.06. The van der Waals surface area contributed by atoms with Crippen molar-refractivity contribution in [1.82, 2.24) is 19.7 Å². The van der Waals surface area contributed by atoms with Crippen LogP contribution in [-0.2, 0) is 4.79 Å². The van der Waals surface area contributed by atoms with E-state index < -0.39 is 0 Å². The first-order chi connectivity index (χ1) is 11.2. The van der Waals surface area contributed by atoms with Crippen LogP contribution < -0.4 is 5.32 Å². The van der Waals surface area contributed by atoms with Gasteiger partial charge in [-0.15, -0.1) is 0 Å². The second-order valence-corrected chi connectivity index (χ2v) is 5.86. The van der Waals surface area contributed by atoms with Gasteiger partial charge in [0.25, 0.3) is 0 Å². The molecule has 0 spiro atoms. The SMILES string of the molecule is Cc1ccc(NC(=O)CSc2cc(-n3cccn3)ncn2)cc1. The largest absolute Gasteiger partial charge is 0.325 e. The summed E-state index contributed by atoms with van der Waals surface area (Å²) in [5, 5.41) is 7.71. The maximum absolute atomic E-state index is 12.0. The lowest BCUT2D eigenvalue weighted by Crippen LogP contribution is -2.14. The lowest BCUT2D eigenvalue weighted by molar-refractivity contribution is -0.113. The molecule has 0 aliphatic rings. The Morgan fingerprint density at radius 2 is 2.09 bits per heavy atom. The first kappa shape index (κ1) is 15.2. The van der Waals surface area contributed by atoms with Crippen molar-refractivity contribution in [2.75, 3.05) is 11.1 Å². The molecular weight excluding hydrogens is 310 g/mol. The van der Waals surface area contributed by atoms with Gasteiger partial charge in [-0.3, -0.25) is 4.79 Å². The summed E-state index contributed by atoms with van der Waals surface area (Å²) in [5.41, 5.74) is 1.95. The van der Waals surface area contributed by atoms with E-state index in [1.165, 1.54) is 18.1 Å². The number of aromatic nitrogens is 4. The van der Waals surface area contributed by atoms with E-state index >= 15 is 0 Å². The van der Waals surface area contributed by atoms with Gasteiger partial charge in [-0.1, -0.05) is 29.5 Å². The summed E-state index contributed by atoms with van der Waals surface area (Å²) in [5.74, 6) is 0.883. The third-order valence-corrected chi connectivity index (χ3v) is 3.98. The van der Waals surface area contributed by atoms with Gasteiger partial charge >= 0.3 is 0 Å². The van der Waals surface area contributed by atoms with Crippen molar-refractivity contribution in [2.45, 2.75) is 11.9 Å². The van der Waals surface area contributed by atoms with Crippen LogP contribution in [0.4, 0.5) is 5.69 Å². The van der Waals surface area contributed by atoms with E-state index in [0.29, 0.717) is 5.82 Å². The van der Waals surface area contributed by atoms with E-state index in [4.69, 9.17) is 0 Å². The van der Waals surface area contributed by atoms with Crippen molar-refractivity contribution < 1.29 is 4.79 Å². The van der Waals surface area contributed by atoms with Crippen molar-refractivity contribution in [3.05, 3.63) is 60.7 Å². The Morgan fingerprint density at radius 1 is 1.26 bits per heavy atom. The number of thioether (sulfide) groups is 1. The highest BCUT2D eigenvalue weighted by Crippen LogP contribution is 2.17. The van der Waals surface area contributed by atoms with Crippen LogP contribution in [0.3, 0.4) is 0 Å². The molecule has 1 aromatic carbocycles. The van der Waals surface area contributed by atoms with E-state index in [1.54, 1.807) is 23.1 Å². The number of hydrogen-bond acceptors (Lipinski definition) is 5. The molecule has 0 radical (unpaired) electrons. The fourth-order valence-corrected chi connectivity index (χ4v) is 2.57.